The summed E-state index contributed by atoms with van der Waals surface area (Å²) in [7, 11) is 1.62. The summed E-state index contributed by atoms with van der Waals surface area (Å²) >= 11 is 0. The Kier molecular flexibility index (Phi) is 4.40. The van der Waals surface area contributed by atoms with Crippen molar-refractivity contribution in [1.82, 2.24) is 10.2 Å². The van der Waals surface area contributed by atoms with E-state index in [2.05, 4.69) is 5.32 Å². The van der Waals surface area contributed by atoms with Crippen LogP contribution in [0.25, 0.3) is 0 Å². The third-order valence-corrected chi connectivity index (χ3v) is 6.31. The average Bonchev–Trinajstić information content (AvgIpc) is 3.29. The Labute approximate surface area is 158 Å². The first kappa shape index (κ1) is 17.9. The molecule has 2 N–H and O–H groups in total. The van der Waals surface area contributed by atoms with Crippen molar-refractivity contribution in [1.29, 1.82) is 0 Å². The number of hydrogen-bond acceptors (Lipinski definition) is 4. The highest BCUT2D eigenvalue weighted by Gasteiger charge is 2.55. The van der Waals surface area contributed by atoms with E-state index in [-0.39, 0.29) is 18.1 Å². The van der Waals surface area contributed by atoms with Crippen molar-refractivity contribution in [3.05, 3.63) is 23.3 Å². The maximum absolute atomic E-state index is 12.6. The lowest BCUT2D eigenvalue weighted by Crippen LogP contribution is -2.41. The third kappa shape index (κ3) is 2.99. The van der Waals surface area contributed by atoms with Gasteiger partial charge in [-0.25, -0.2) is 4.79 Å². The van der Waals surface area contributed by atoms with Crippen LogP contribution in [0.4, 0.5) is 4.79 Å². The number of aliphatic carboxylic acids is 1. The van der Waals surface area contributed by atoms with E-state index in [9.17, 15) is 14.7 Å². The number of benzene rings is 1. The molecule has 4 rings (SSSR count). The van der Waals surface area contributed by atoms with Gasteiger partial charge in [-0.15, -0.1) is 0 Å². The van der Waals surface area contributed by atoms with E-state index in [1.54, 1.807) is 12.0 Å². The Morgan fingerprint density at radius 2 is 2.26 bits per heavy atom. The second-order valence-corrected chi connectivity index (χ2v) is 7.99. The monoisotopic (exact) mass is 374 g/mol. The topological polar surface area (TPSA) is 88.1 Å². The second-order valence-electron chi connectivity index (χ2n) is 7.99. The van der Waals surface area contributed by atoms with Gasteiger partial charge in [-0.1, -0.05) is 6.42 Å². The van der Waals surface area contributed by atoms with Gasteiger partial charge in [-0.3, -0.25) is 4.79 Å². The first-order chi connectivity index (χ1) is 12.9. The van der Waals surface area contributed by atoms with Crippen LogP contribution >= 0.6 is 0 Å². The van der Waals surface area contributed by atoms with Gasteiger partial charge in [-0.05, 0) is 37.8 Å². The Bertz CT molecular complexity index is 780. The molecule has 3 atom stereocenters. The average molecular weight is 374 g/mol. The molecule has 2 aliphatic heterocycles. The molecule has 3 aliphatic rings. The number of hydrogen-bond donors (Lipinski definition) is 2. The van der Waals surface area contributed by atoms with Crippen LogP contribution in [-0.4, -0.2) is 48.3 Å². The number of carbonyl (C=O) groups excluding carboxylic acids is 1. The quantitative estimate of drug-likeness (QED) is 0.845. The fourth-order valence-corrected chi connectivity index (χ4v) is 4.89. The number of amides is 2. The van der Waals surface area contributed by atoms with Crippen LogP contribution in [0.15, 0.2) is 12.1 Å². The fraction of sp³-hybridized carbons (Fsp3) is 0.600. The van der Waals surface area contributed by atoms with Gasteiger partial charge in [0.25, 0.3) is 0 Å². The summed E-state index contributed by atoms with van der Waals surface area (Å²) in [5, 5.41) is 12.6. The highest BCUT2D eigenvalue weighted by atomic mass is 16.5. The van der Waals surface area contributed by atoms with Gasteiger partial charge in [0, 0.05) is 37.2 Å². The number of carboxylic acid groups (broad SMARTS) is 1. The van der Waals surface area contributed by atoms with E-state index in [0.717, 1.165) is 41.9 Å². The molecule has 1 saturated carbocycles. The van der Waals surface area contributed by atoms with Crippen molar-refractivity contribution in [3.8, 4) is 11.5 Å². The Hall–Kier alpha value is -2.44. The van der Waals surface area contributed by atoms with Gasteiger partial charge >= 0.3 is 12.0 Å². The number of fused-ring (bicyclic) bond motifs is 2. The van der Waals surface area contributed by atoms with E-state index < -0.39 is 11.4 Å². The zero-order valence-electron chi connectivity index (χ0n) is 15.8. The molecule has 1 saturated heterocycles. The van der Waals surface area contributed by atoms with Crippen molar-refractivity contribution in [2.45, 2.75) is 45.3 Å². The number of carbonyl (C=O) groups is 2. The molecule has 2 fully saturated rings. The van der Waals surface area contributed by atoms with E-state index in [4.69, 9.17) is 9.47 Å². The normalized spacial score (nSPS) is 28.4. The summed E-state index contributed by atoms with van der Waals surface area (Å²) < 4.78 is 11.3. The molecule has 0 spiro atoms. The SMILES string of the molecule is COc1cc2c(cc1CNC(=O)N1C[C@@H]3CCC[C@@]3(C(=O)O)C1)OC(C)C2. The van der Waals surface area contributed by atoms with Crippen LogP contribution in [0.1, 0.15) is 37.3 Å². The summed E-state index contributed by atoms with van der Waals surface area (Å²) in [6.07, 6.45) is 3.46. The number of ether oxygens (including phenoxy) is 2. The first-order valence-electron chi connectivity index (χ1n) is 9.55. The van der Waals surface area contributed by atoms with Crippen LogP contribution in [0.3, 0.4) is 0 Å². The van der Waals surface area contributed by atoms with E-state index in [1.807, 2.05) is 19.1 Å². The fourth-order valence-electron chi connectivity index (χ4n) is 4.89. The minimum Gasteiger partial charge on any atom is -0.496 e. The summed E-state index contributed by atoms with van der Waals surface area (Å²) in [4.78, 5) is 26.1. The molecular formula is C20H26N2O5. The molecule has 1 aliphatic carbocycles. The molecule has 1 aromatic rings. The minimum atomic E-state index is -0.771. The molecule has 1 aromatic carbocycles. The van der Waals surface area contributed by atoms with Crippen molar-refractivity contribution < 1.29 is 24.2 Å². The number of rotatable bonds is 4. The number of methoxy groups -OCH3 is 1. The number of nitrogens with zero attached hydrogens (tertiary/aromatic N) is 1. The van der Waals surface area contributed by atoms with Crippen LogP contribution < -0.4 is 14.8 Å². The molecule has 146 valence electrons. The lowest BCUT2D eigenvalue weighted by molar-refractivity contribution is -0.149. The maximum Gasteiger partial charge on any atom is 0.317 e. The highest BCUT2D eigenvalue weighted by Crippen LogP contribution is 2.48. The maximum atomic E-state index is 12.6. The zero-order chi connectivity index (χ0) is 19.2. The van der Waals surface area contributed by atoms with Crippen LogP contribution in [-0.2, 0) is 17.8 Å². The van der Waals surface area contributed by atoms with Crippen molar-refractivity contribution in [2.75, 3.05) is 20.2 Å². The highest BCUT2D eigenvalue weighted by molar-refractivity contribution is 5.80. The second kappa shape index (κ2) is 6.62. The molecule has 27 heavy (non-hydrogen) atoms. The summed E-state index contributed by atoms with van der Waals surface area (Å²) in [6, 6.07) is 3.68. The smallest absolute Gasteiger partial charge is 0.317 e. The molecule has 2 heterocycles. The van der Waals surface area contributed by atoms with Gasteiger partial charge in [0.15, 0.2) is 0 Å². The number of carboxylic acids is 1. The van der Waals surface area contributed by atoms with Gasteiger partial charge in [0.2, 0.25) is 0 Å². The summed E-state index contributed by atoms with van der Waals surface area (Å²) in [6.45, 7) is 3.14. The summed E-state index contributed by atoms with van der Waals surface area (Å²) in [5.41, 5.74) is 1.21. The Balaban J connectivity index is 1.43. The third-order valence-electron chi connectivity index (χ3n) is 6.31. The van der Waals surface area contributed by atoms with Gasteiger partial charge in [0.1, 0.15) is 17.6 Å². The molecule has 1 unspecified atom stereocenters. The van der Waals surface area contributed by atoms with Crippen molar-refractivity contribution in [3.63, 3.8) is 0 Å². The predicted molar refractivity (Wildman–Crippen MR) is 98.0 cm³/mol. The predicted octanol–water partition coefficient (Wildman–Crippen LogP) is 2.41. The van der Waals surface area contributed by atoms with Crippen LogP contribution in [0, 0.1) is 11.3 Å². The largest absolute Gasteiger partial charge is 0.496 e. The van der Waals surface area contributed by atoms with Gasteiger partial charge in [-0.2, -0.15) is 0 Å². The minimum absolute atomic E-state index is 0.0603. The van der Waals surface area contributed by atoms with E-state index in [0.29, 0.717) is 26.1 Å². The zero-order valence-corrected chi connectivity index (χ0v) is 15.8. The molecule has 0 bridgehead atoms. The molecule has 7 nitrogen and oxygen atoms in total. The summed E-state index contributed by atoms with van der Waals surface area (Å²) in [5.74, 6) is 0.858. The van der Waals surface area contributed by atoms with E-state index in [1.165, 1.54) is 0 Å². The van der Waals surface area contributed by atoms with Crippen LogP contribution in [0.5, 0.6) is 11.5 Å². The standard InChI is InChI=1S/C20H26N2O5/c1-12-6-13-7-16(26-2)14(8-17(13)27-12)9-21-19(25)22-10-15-4-3-5-20(15,11-22)18(23)24/h7-8,12,15H,3-6,9-11H2,1-2H3,(H,21,25)(H,23,24)/t12?,15-,20+/m0/s1. The lowest BCUT2D eigenvalue weighted by atomic mass is 9.81. The lowest BCUT2D eigenvalue weighted by Gasteiger charge is -2.23. The number of likely N-dealkylation sites (tertiary alicyclic amines) is 1. The van der Waals surface area contributed by atoms with Crippen molar-refractivity contribution >= 4 is 12.0 Å². The Morgan fingerprint density at radius 3 is 2.96 bits per heavy atom. The van der Waals surface area contributed by atoms with Gasteiger partial charge in [0.05, 0.1) is 12.5 Å². The van der Waals surface area contributed by atoms with Gasteiger partial charge < -0.3 is 24.8 Å². The first-order valence-corrected chi connectivity index (χ1v) is 9.55. The number of urea groups is 1. The molecule has 7 heteroatoms. The number of nitrogens with one attached hydrogen (secondary N) is 1. The molecule has 2 amide bonds. The molecule has 0 aromatic heterocycles. The van der Waals surface area contributed by atoms with Crippen molar-refractivity contribution in [2.24, 2.45) is 11.3 Å². The Morgan fingerprint density at radius 1 is 1.44 bits per heavy atom. The van der Waals surface area contributed by atoms with Crippen LogP contribution in [0.2, 0.25) is 0 Å². The molecule has 0 radical (unpaired) electrons. The molecular weight excluding hydrogens is 348 g/mol. The van der Waals surface area contributed by atoms with E-state index >= 15 is 0 Å².